The molecular formula is C15H23IN6O. The number of pyridine rings is 1. The number of aromatic nitrogens is 3. The van der Waals surface area contributed by atoms with Gasteiger partial charge in [0.2, 0.25) is 5.89 Å². The van der Waals surface area contributed by atoms with Crippen molar-refractivity contribution in [2.45, 2.75) is 26.2 Å². The molecule has 2 rings (SSSR count). The van der Waals surface area contributed by atoms with Gasteiger partial charge in [0.15, 0.2) is 11.8 Å². The molecule has 0 aliphatic rings. The van der Waals surface area contributed by atoms with E-state index < -0.39 is 0 Å². The average Bonchev–Trinajstić information content (AvgIpc) is 2.96. The molecule has 0 amide bonds. The van der Waals surface area contributed by atoms with Crippen molar-refractivity contribution in [3.63, 3.8) is 0 Å². The van der Waals surface area contributed by atoms with Crippen LogP contribution in [0.4, 0.5) is 0 Å². The van der Waals surface area contributed by atoms with E-state index in [9.17, 15) is 0 Å². The predicted octanol–water partition coefficient (Wildman–Crippen LogP) is 1.73. The Bertz CT molecular complexity index is 587. The Hall–Kier alpha value is -1.71. The Morgan fingerprint density at radius 1 is 1.22 bits per heavy atom. The number of guanidine groups is 1. The van der Waals surface area contributed by atoms with Crippen LogP contribution in [0.25, 0.3) is 0 Å². The summed E-state index contributed by atoms with van der Waals surface area (Å²) in [6, 6.07) is 5.93. The van der Waals surface area contributed by atoms with Crippen LogP contribution in [0.1, 0.15) is 23.8 Å². The molecule has 0 bridgehead atoms. The van der Waals surface area contributed by atoms with Gasteiger partial charge in [0, 0.05) is 44.9 Å². The molecule has 0 atom stereocenters. The molecule has 0 saturated heterocycles. The number of aryl methyl sites for hydroxylation is 2. The second-order valence-corrected chi connectivity index (χ2v) is 4.84. The zero-order valence-corrected chi connectivity index (χ0v) is 15.8. The monoisotopic (exact) mass is 430 g/mol. The van der Waals surface area contributed by atoms with Crippen LogP contribution in [-0.4, -0.2) is 41.2 Å². The van der Waals surface area contributed by atoms with Gasteiger partial charge in [-0.15, -0.1) is 24.0 Å². The summed E-state index contributed by atoms with van der Waals surface area (Å²) in [6.07, 6.45) is 4.34. The molecule has 7 nitrogen and oxygen atoms in total. The molecule has 0 radical (unpaired) electrons. The summed E-state index contributed by atoms with van der Waals surface area (Å²) in [5.41, 5.74) is 1.07. The van der Waals surface area contributed by atoms with Crippen LogP contribution < -0.4 is 10.6 Å². The van der Waals surface area contributed by atoms with Gasteiger partial charge < -0.3 is 15.2 Å². The van der Waals surface area contributed by atoms with E-state index in [1.807, 2.05) is 31.3 Å². The molecular weight excluding hydrogens is 407 g/mol. The number of nitrogens with one attached hydrogen (secondary N) is 2. The molecule has 0 saturated carbocycles. The lowest BCUT2D eigenvalue weighted by Gasteiger charge is -2.11. The molecule has 0 aliphatic carbocycles. The highest BCUT2D eigenvalue weighted by Crippen LogP contribution is 1.99. The Balaban J connectivity index is 0.00000264. The molecule has 0 unspecified atom stereocenters. The minimum Gasteiger partial charge on any atom is -0.356 e. The highest BCUT2D eigenvalue weighted by Gasteiger charge is 2.03. The summed E-state index contributed by atoms with van der Waals surface area (Å²) in [7, 11) is 1.76. The third kappa shape index (κ3) is 7.40. The van der Waals surface area contributed by atoms with E-state index in [0.717, 1.165) is 44.0 Å². The van der Waals surface area contributed by atoms with Gasteiger partial charge in [0.1, 0.15) is 0 Å². The van der Waals surface area contributed by atoms with Gasteiger partial charge >= 0.3 is 0 Å². The Morgan fingerprint density at radius 3 is 2.70 bits per heavy atom. The molecule has 126 valence electrons. The smallest absolute Gasteiger partial charge is 0.226 e. The first-order chi connectivity index (χ1) is 10.8. The lowest BCUT2D eigenvalue weighted by Crippen LogP contribution is -2.38. The maximum absolute atomic E-state index is 5.07. The second kappa shape index (κ2) is 10.9. The van der Waals surface area contributed by atoms with Crippen LogP contribution in [-0.2, 0) is 12.8 Å². The van der Waals surface area contributed by atoms with E-state index in [1.54, 1.807) is 7.05 Å². The average molecular weight is 430 g/mol. The lowest BCUT2D eigenvalue weighted by molar-refractivity contribution is 0.372. The summed E-state index contributed by atoms with van der Waals surface area (Å²) in [5.74, 6) is 2.14. The summed E-state index contributed by atoms with van der Waals surface area (Å²) in [6.45, 7) is 3.41. The fourth-order valence-corrected chi connectivity index (χ4v) is 1.96. The molecule has 8 heteroatoms. The summed E-state index contributed by atoms with van der Waals surface area (Å²) < 4.78 is 5.07. The van der Waals surface area contributed by atoms with Gasteiger partial charge in [-0.2, -0.15) is 4.98 Å². The zero-order chi connectivity index (χ0) is 15.6. The van der Waals surface area contributed by atoms with Crippen molar-refractivity contribution in [3.8, 4) is 0 Å². The SMILES string of the molecule is CN=C(NCCCc1nc(C)no1)NCCc1ccccn1.I. The van der Waals surface area contributed by atoms with Gasteiger partial charge in [-0.3, -0.25) is 9.98 Å². The number of aliphatic imine (C=N–C) groups is 1. The normalized spacial score (nSPS) is 11.0. The molecule has 2 aromatic rings. The largest absolute Gasteiger partial charge is 0.356 e. The minimum atomic E-state index is 0. The standard InChI is InChI=1S/C15H22N6O.HI/c1-12-20-14(22-21-12)7-5-10-18-15(16-2)19-11-8-13-6-3-4-9-17-13;/h3-4,6,9H,5,7-8,10-11H2,1-2H3,(H2,16,18,19);1H. The van der Waals surface area contributed by atoms with Crippen molar-refractivity contribution in [2.75, 3.05) is 20.1 Å². The van der Waals surface area contributed by atoms with Crippen LogP contribution in [0.5, 0.6) is 0 Å². The lowest BCUT2D eigenvalue weighted by atomic mass is 10.3. The maximum Gasteiger partial charge on any atom is 0.226 e. The Kier molecular flexibility index (Phi) is 9.18. The van der Waals surface area contributed by atoms with Gasteiger partial charge in [-0.25, -0.2) is 0 Å². The molecule has 0 aliphatic heterocycles. The van der Waals surface area contributed by atoms with Crippen molar-refractivity contribution in [1.29, 1.82) is 0 Å². The van der Waals surface area contributed by atoms with Crippen molar-refractivity contribution in [2.24, 2.45) is 4.99 Å². The van der Waals surface area contributed by atoms with E-state index in [2.05, 4.69) is 30.8 Å². The zero-order valence-electron chi connectivity index (χ0n) is 13.5. The summed E-state index contributed by atoms with van der Waals surface area (Å²) in [4.78, 5) is 12.7. The molecule has 2 heterocycles. The molecule has 0 spiro atoms. The van der Waals surface area contributed by atoms with Crippen LogP contribution >= 0.6 is 24.0 Å². The van der Waals surface area contributed by atoms with Crippen LogP contribution in [0.3, 0.4) is 0 Å². The van der Waals surface area contributed by atoms with E-state index in [4.69, 9.17) is 4.52 Å². The fourth-order valence-electron chi connectivity index (χ4n) is 1.96. The molecule has 0 fully saturated rings. The first-order valence-electron chi connectivity index (χ1n) is 7.41. The third-order valence-electron chi connectivity index (χ3n) is 3.05. The quantitative estimate of drug-likeness (QED) is 0.301. The van der Waals surface area contributed by atoms with Crippen molar-refractivity contribution < 1.29 is 4.52 Å². The highest BCUT2D eigenvalue weighted by molar-refractivity contribution is 14.0. The van der Waals surface area contributed by atoms with E-state index in [0.29, 0.717) is 11.7 Å². The van der Waals surface area contributed by atoms with Gasteiger partial charge in [-0.05, 0) is 25.5 Å². The first-order valence-corrected chi connectivity index (χ1v) is 7.41. The number of hydrogen-bond acceptors (Lipinski definition) is 5. The molecule has 2 N–H and O–H groups in total. The number of rotatable bonds is 7. The Morgan fingerprint density at radius 2 is 2.04 bits per heavy atom. The van der Waals surface area contributed by atoms with E-state index in [-0.39, 0.29) is 24.0 Å². The van der Waals surface area contributed by atoms with Crippen molar-refractivity contribution in [3.05, 3.63) is 41.8 Å². The van der Waals surface area contributed by atoms with Crippen molar-refractivity contribution in [1.82, 2.24) is 25.8 Å². The van der Waals surface area contributed by atoms with E-state index >= 15 is 0 Å². The minimum absolute atomic E-state index is 0. The van der Waals surface area contributed by atoms with Gasteiger partial charge in [-0.1, -0.05) is 11.2 Å². The number of nitrogens with zero attached hydrogens (tertiary/aromatic N) is 4. The maximum atomic E-state index is 5.07. The second-order valence-electron chi connectivity index (χ2n) is 4.84. The first kappa shape index (κ1) is 19.3. The summed E-state index contributed by atoms with van der Waals surface area (Å²) >= 11 is 0. The molecule has 23 heavy (non-hydrogen) atoms. The van der Waals surface area contributed by atoms with Crippen molar-refractivity contribution >= 4 is 29.9 Å². The summed E-state index contributed by atoms with van der Waals surface area (Å²) in [5, 5.41) is 10.3. The molecule has 0 aromatic carbocycles. The Labute approximate surface area is 153 Å². The molecule has 2 aromatic heterocycles. The van der Waals surface area contributed by atoms with Crippen LogP contribution in [0.15, 0.2) is 33.9 Å². The number of halogens is 1. The van der Waals surface area contributed by atoms with Gasteiger partial charge in [0.25, 0.3) is 0 Å². The predicted molar refractivity (Wildman–Crippen MR) is 100 cm³/mol. The van der Waals surface area contributed by atoms with Crippen LogP contribution in [0.2, 0.25) is 0 Å². The van der Waals surface area contributed by atoms with Crippen LogP contribution in [0, 0.1) is 6.92 Å². The fraction of sp³-hybridized carbons (Fsp3) is 0.467. The highest BCUT2D eigenvalue weighted by atomic mass is 127. The number of hydrogen-bond donors (Lipinski definition) is 2. The van der Waals surface area contributed by atoms with E-state index in [1.165, 1.54) is 0 Å². The van der Waals surface area contributed by atoms with Gasteiger partial charge in [0.05, 0.1) is 0 Å². The topological polar surface area (TPSA) is 88.2 Å². The third-order valence-corrected chi connectivity index (χ3v) is 3.05.